The molecule has 0 aliphatic rings. The lowest BCUT2D eigenvalue weighted by molar-refractivity contribution is -0.147. The molecule has 2 N–H and O–H groups in total. The molecule has 0 saturated carbocycles. The molecular formula is C18H16F2N2O5. The predicted octanol–water partition coefficient (Wildman–Crippen LogP) is 2.03. The smallest absolute Gasteiger partial charge is 0.351 e. The molecule has 0 atom stereocenters. The number of alkyl halides is 2. The number of methoxy groups -OCH3 is 2. The van der Waals surface area contributed by atoms with E-state index >= 15 is 0 Å². The van der Waals surface area contributed by atoms with E-state index in [0.717, 1.165) is 31.4 Å². The van der Waals surface area contributed by atoms with Crippen molar-refractivity contribution in [3.05, 3.63) is 65.2 Å². The van der Waals surface area contributed by atoms with Crippen LogP contribution in [0, 0.1) is 0 Å². The van der Waals surface area contributed by atoms with Gasteiger partial charge in [-0.25, -0.2) is 4.79 Å². The number of carbonyl (C=O) groups excluding carboxylic acids is 3. The average molecular weight is 378 g/mol. The normalized spacial score (nSPS) is 10.7. The molecule has 0 heterocycles. The molecule has 2 aromatic carbocycles. The van der Waals surface area contributed by atoms with E-state index in [9.17, 15) is 23.2 Å². The van der Waals surface area contributed by atoms with Crippen molar-refractivity contribution in [1.29, 1.82) is 0 Å². The van der Waals surface area contributed by atoms with Gasteiger partial charge in [0.05, 0.1) is 25.3 Å². The summed E-state index contributed by atoms with van der Waals surface area (Å²) in [5.41, 5.74) is 3.06. The van der Waals surface area contributed by atoms with Crippen LogP contribution in [0.1, 0.15) is 26.3 Å². The summed E-state index contributed by atoms with van der Waals surface area (Å²) in [5.74, 6) is -6.98. The first kappa shape index (κ1) is 19.8. The Kier molecular flexibility index (Phi) is 6.07. The standard InChI is InChI=1S/C18H16F2N2O5/c1-26-14-6-4-3-5-13(14)15(23)21-22-17(25)18(19,20)12-9-7-11(8-10-12)16(24)27-2/h3-10H,1-2H3,(H,21,23)(H,22,25). The van der Waals surface area contributed by atoms with Gasteiger partial charge in [0.15, 0.2) is 0 Å². The minimum Gasteiger partial charge on any atom is -0.496 e. The maximum atomic E-state index is 14.3. The number of hydrogen-bond acceptors (Lipinski definition) is 5. The van der Waals surface area contributed by atoms with Crippen molar-refractivity contribution in [2.45, 2.75) is 5.92 Å². The monoisotopic (exact) mass is 378 g/mol. The van der Waals surface area contributed by atoms with Crippen LogP contribution in [0.25, 0.3) is 0 Å². The number of benzene rings is 2. The molecule has 2 amide bonds. The number of nitrogens with one attached hydrogen (secondary N) is 2. The zero-order valence-electron chi connectivity index (χ0n) is 14.4. The Labute approximate surface area is 153 Å². The highest BCUT2D eigenvalue weighted by Crippen LogP contribution is 2.28. The molecule has 7 nitrogen and oxygen atoms in total. The third-order valence-corrected chi connectivity index (χ3v) is 3.59. The third kappa shape index (κ3) is 4.38. The summed E-state index contributed by atoms with van der Waals surface area (Å²) in [5, 5.41) is 0. The first-order valence-corrected chi connectivity index (χ1v) is 7.61. The second kappa shape index (κ2) is 8.26. The largest absolute Gasteiger partial charge is 0.496 e. The fourth-order valence-corrected chi connectivity index (χ4v) is 2.16. The minimum absolute atomic E-state index is 0.0573. The van der Waals surface area contributed by atoms with E-state index in [2.05, 4.69) is 4.74 Å². The number of rotatable bonds is 5. The molecule has 2 rings (SSSR count). The Morgan fingerprint density at radius 2 is 1.56 bits per heavy atom. The van der Waals surface area contributed by atoms with Gasteiger partial charge in [0, 0.05) is 5.56 Å². The van der Waals surface area contributed by atoms with Gasteiger partial charge in [0.2, 0.25) is 0 Å². The molecular weight excluding hydrogens is 362 g/mol. The number of esters is 1. The number of carbonyl (C=O) groups is 3. The number of ether oxygens (including phenoxy) is 2. The van der Waals surface area contributed by atoms with Crippen LogP contribution in [-0.2, 0) is 15.5 Å². The zero-order chi connectivity index (χ0) is 20.0. The Morgan fingerprint density at radius 1 is 0.926 bits per heavy atom. The van der Waals surface area contributed by atoms with Crippen LogP contribution in [0.2, 0.25) is 0 Å². The van der Waals surface area contributed by atoms with Gasteiger partial charge in [0.25, 0.3) is 5.91 Å². The maximum Gasteiger partial charge on any atom is 0.351 e. The summed E-state index contributed by atoms with van der Waals surface area (Å²) in [7, 11) is 2.50. The van der Waals surface area contributed by atoms with Gasteiger partial charge in [-0.1, -0.05) is 24.3 Å². The minimum atomic E-state index is -3.94. The Hall–Kier alpha value is -3.49. The fourth-order valence-electron chi connectivity index (χ4n) is 2.16. The topological polar surface area (TPSA) is 93.7 Å². The summed E-state index contributed by atoms with van der Waals surface area (Å²) in [4.78, 5) is 35.2. The number of para-hydroxylation sites is 1. The van der Waals surface area contributed by atoms with E-state index < -0.39 is 29.3 Å². The zero-order valence-corrected chi connectivity index (χ0v) is 14.4. The number of hydrogen-bond donors (Lipinski definition) is 2. The van der Waals surface area contributed by atoms with Crippen molar-refractivity contribution in [1.82, 2.24) is 10.9 Å². The summed E-state index contributed by atoms with van der Waals surface area (Å²) in [6.45, 7) is 0. The average Bonchev–Trinajstić information content (AvgIpc) is 2.70. The van der Waals surface area contributed by atoms with Crippen LogP contribution in [0.5, 0.6) is 5.75 Å². The van der Waals surface area contributed by atoms with Crippen molar-refractivity contribution in [3.8, 4) is 5.75 Å². The van der Waals surface area contributed by atoms with Crippen molar-refractivity contribution >= 4 is 17.8 Å². The summed E-state index contributed by atoms with van der Waals surface area (Å²) in [6.07, 6.45) is 0. The van der Waals surface area contributed by atoms with Crippen molar-refractivity contribution in [3.63, 3.8) is 0 Å². The molecule has 2 aromatic rings. The maximum absolute atomic E-state index is 14.3. The van der Waals surface area contributed by atoms with E-state index in [1.54, 1.807) is 17.6 Å². The molecule has 0 aromatic heterocycles. The molecule has 0 fully saturated rings. The van der Waals surface area contributed by atoms with Crippen LogP contribution in [0.15, 0.2) is 48.5 Å². The van der Waals surface area contributed by atoms with E-state index in [1.807, 2.05) is 5.43 Å². The summed E-state index contributed by atoms with van der Waals surface area (Å²) >= 11 is 0. The van der Waals surface area contributed by atoms with Crippen LogP contribution in [0.4, 0.5) is 8.78 Å². The van der Waals surface area contributed by atoms with Gasteiger partial charge in [-0.15, -0.1) is 0 Å². The van der Waals surface area contributed by atoms with Crippen molar-refractivity contribution in [2.24, 2.45) is 0 Å². The van der Waals surface area contributed by atoms with Gasteiger partial charge >= 0.3 is 17.8 Å². The fraction of sp³-hybridized carbons (Fsp3) is 0.167. The van der Waals surface area contributed by atoms with Crippen LogP contribution < -0.4 is 15.6 Å². The molecule has 0 unspecified atom stereocenters. The highest BCUT2D eigenvalue weighted by molar-refractivity contribution is 5.98. The summed E-state index contributed by atoms with van der Waals surface area (Å²) in [6, 6.07) is 10.2. The number of hydrazine groups is 1. The molecule has 142 valence electrons. The molecule has 27 heavy (non-hydrogen) atoms. The first-order chi connectivity index (χ1) is 12.8. The van der Waals surface area contributed by atoms with E-state index in [0.29, 0.717) is 0 Å². The van der Waals surface area contributed by atoms with Gasteiger partial charge in [0.1, 0.15) is 5.75 Å². The molecule has 0 bridgehead atoms. The van der Waals surface area contributed by atoms with Crippen molar-refractivity contribution < 1.29 is 32.6 Å². The van der Waals surface area contributed by atoms with Gasteiger partial charge in [-0.2, -0.15) is 8.78 Å². The molecule has 0 aliphatic heterocycles. The highest BCUT2D eigenvalue weighted by Gasteiger charge is 2.41. The Morgan fingerprint density at radius 3 is 2.15 bits per heavy atom. The molecule has 0 radical (unpaired) electrons. The third-order valence-electron chi connectivity index (χ3n) is 3.59. The van der Waals surface area contributed by atoms with E-state index in [4.69, 9.17) is 4.74 Å². The van der Waals surface area contributed by atoms with Gasteiger partial charge in [-0.05, 0) is 24.3 Å². The van der Waals surface area contributed by atoms with E-state index in [-0.39, 0.29) is 16.9 Å². The number of amides is 2. The van der Waals surface area contributed by atoms with Crippen molar-refractivity contribution in [2.75, 3.05) is 14.2 Å². The quantitative estimate of drug-likeness (QED) is 0.613. The lowest BCUT2D eigenvalue weighted by atomic mass is 10.1. The Bertz CT molecular complexity index is 853. The number of halogens is 2. The molecule has 0 aliphatic carbocycles. The van der Waals surface area contributed by atoms with E-state index in [1.165, 1.54) is 19.2 Å². The second-order valence-electron chi connectivity index (χ2n) is 5.25. The molecule has 9 heteroatoms. The molecule has 0 saturated heterocycles. The lowest BCUT2D eigenvalue weighted by Gasteiger charge is -2.17. The summed E-state index contributed by atoms with van der Waals surface area (Å²) < 4.78 is 38.0. The van der Waals surface area contributed by atoms with Crippen LogP contribution in [0.3, 0.4) is 0 Å². The van der Waals surface area contributed by atoms with Crippen LogP contribution in [-0.4, -0.2) is 32.0 Å². The molecule has 0 spiro atoms. The van der Waals surface area contributed by atoms with Crippen LogP contribution >= 0.6 is 0 Å². The van der Waals surface area contributed by atoms with Gasteiger partial charge < -0.3 is 9.47 Å². The lowest BCUT2D eigenvalue weighted by Crippen LogP contribution is -2.48. The first-order valence-electron chi connectivity index (χ1n) is 7.61. The second-order valence-corrected chi connectivity index (χ2v) is 5.25. The highest BCUT2D eigenvalue weighted by atomic mass is 19.3. The predicted molar refractivity (Wildman–Crippen MR) is 90.3 cm³/mol. The SMILES string of the molecule is COC(=O)c1ccc(C(F)(F)C(=O)NNC(=O)c2ccccc2OC)cc1. The van der Waals surface area contributed by atoms with Gasteiger partial charge in [-0.3, -0.25) is 20.4 Å². The Balaban J connectivity index is 2.07.